The van der Waals surface area contributed by atoms with Gasteiger partial charge in [-0.15, -0.1) is 0 Å². The second-order valence-corrected chi connectivity index (χ2v) is 7.86. The van der Waals surface area contributed by atoms with Crippen LogP contribution in [-0.4, -0.2) is 43.4 Å². The molecule has 0 radical (unpaired) electrons. The Balaban J connectivity index is 1.44. The molecule has 168 valence electrons. The van der Waals surface area contributed by atoms with Gasteiger partial charge in [0.1, 0.15) is 5.75 Å². The van der Waals surface area contributed by atoms with Crippen LogP contribution in [0.4, 0.5) is 5.69 Å². The Kier molecular flexibility index (Phi) is 7.82. The van der Waals surface area contributed by atoms with Crippen LogP contribution in [0, 0.1) is 5.92 Å². The fraction of sp³-hybridized carbons (Fsp3) is 0.273. The summed E-state index contributed by atoms with van der Waals surface area (Å²) in [6.45, 7) is 2.00. The Morgan fingerprint density at radius 1 is 1.06 bits per heavy atom. The van der Waals surface area contributed by atoms with Gasteiger partial charge in [-0.25, -0.2) is 0 Å². The van der Waals surface area contributed by atoms with E-state index in [0.29, 0.717) is 23.6 Å². The van der Waals surface area contributed by atoms with Gasteiger partial charge in [0.2, 0.25) is 5.91 Å². The van der Waals surface area contributed by atoms with E-state index < -0.39 is 30.3 Å². The summed E-state index contributed by atoms with van der Waals surface area (Å²) in [6, 6.07) is 13.6. The minimum Gasteiger partial charge on any atom is -0.494 e. The molecule has 0 spiro atoms. The Morgan fingerprint density at radius 3 is 2.41 bits per heavy atom. The van der Waals surface area contributed by atoms with Gasteiger partial charge in [-0.05, 0) is 55.5 Å². The number of carbonyl (C=O) groups excluding carboxylic acids is 4. The third kappa shape index (κ3) is 6.07. The molecule has 10 heteroatoms. The lowest BCUT2D eigenvalue weighted by Gasteiger charge is -2.17. The fourth-order valence-electron chi connectivity index (χ4n) is 3.09. The summed E-state index contributed by atoms with van der Waals surface area (Å²) in [5, 5.41) is 0. The average molecular weight is 504 g/mol. The molecular formula is C22H22BrN3O6. The van der Waals surface area contributed by atoms with E-state index >= 15 is 0 Å². The SMILES string of the molecule is CCOc1ccc(N2C[C@@H](C(=O)OCC(=O)NNC(=O)c3ccc(Br)cc3)CC2=O)cc1. The number of esters is 1. The fourth-order valence-corrected chi connectivity index (χ4v) is 3.36. The van der Waals surface area contributed by atoms with Gasteiger partial charge < -0.3 is 14.4 Å². The van der Waals surface area contributed by atoms with Crippen molar-refractivity contribution in [3.8, 4) is 5.75 Å². The summed E-state index contributed by atoms with van der Waals surface area (Å²) in [5.41, 5.74) is 5.43. The van der Waals surface area contributed by atoms with Crippen LogP contribution in [0.25, 0.3) is 0 Å². The highest BCUT2D eigenvalue weighted by Gasteiger charge is 2.36. The zero-order chi connectivity index (χ0) is 23.1. The third-order valence-electron chi connectivity index (χ3n) is 4.69. The maximum absolute atomic E-state index is 12.3. The number of anilines is 1. The third-order valence-corrected chi connectivity index (χ3v) is 5.21. The number of halogens is 1. The second-order valence-electron chi connectivity index (χ2n) is 6.95. The van der Waals surface area contributed by atoms with Gasteiger partial charge in [0.05, 0.1) is 12.5 Å². The van der Waals surface area contributed by atoms with E-state index in [4.69, 9.17) is 9.47 Å². The Hall–Kier alpha value is -3.40. The molecule has 9 nitrogen and oxygen atoms in total. The van der Waals surface area contributed by atoms with Gasteiger partial charge in [0, 0.05) is 28.7 Å². The molecule has 3 rings (SSSR count). The lowest BCUT2D eigenvalue weighted by molar-refractivity contribution is -0.152. The van der Waals surface area contributed by atoms with Gasteiger partial charge >= 0.3 is 5.97 Å². The number of hydrogen-bond acceptors (Lipinski definition) is 6. The molecule has 3 amide bonds. The van der Waals surface area contributed by atoms with Crippen LogP contribution < -0.4 is 20.5 Å². The van der Waals surface area contributed by atoms with Gasteiger partial charge in [-0.2, -0.15) is 0 Å². The highest BCUT2D eigenvalue weighted by molar-refractivity contribution is 9.10. The number of benzene rings is 2. The molecule has 2 aromatic rings. The van der Waals surface area contributed by atoms with Crippen LogP contribution in [0.2, 0.25) is 0 Å². The largest absolute Gasteiger partial charge is 0.494 e. The summed E-state index contributed by atoms with van der Waals surface area (Å²) in [5.74, 6) is -2.05. The molecule has 1 aliphatic rings. The number of nitrogens with zero attached hydrogens (tertiary/aromatic N) is 1. The predicted molar refractivity (Wildman–Crippen MR) is 119 cm³/mol. The Bertz CT molecular complexity index is 994. The zero-order valence-electron chi connectivity index (χ0n) is 17.3. The van der Waals surface area contributed by atoms with Crippen LogP contribution in [0.15, 0.2) is 53.0 Å². The van der Waals surface area contributed by atoms with Crippen LogP contribution in [0.3, 0.4) is 0 Å². The number of nitrogens with one attached hydrogen (secondary N) is 2. The van der Waals surface area contributed by atoms with Crippen molar-refractivity contribution in [3.05, 3.63) is 58.6 Å². The van der Waals surface area contributed by atoms with Crippen molar-refractivity contribution >= 4 is 45.3 Å². The van der Waals surface area contributed by atoms with Crippen molar-refractivity contribution < 1.29 is 28.7 Å². The summed E-state index contributed by atoms with van der Waals surface area (Å²) < 4.78 is 11.2. The molecule has 2 N–H and O–H groups in total. The first-order valence-corrected chi connectivity index (χ1v) is 10.7. The van der Waals surface area contributed by atoms with Gasteiger partial charge in [0.15, 0.2) is 6.61 Å². The average Bonchev–Trinajstić information content (AvgIpc) is 3.18. The molecule has 0 unspecified atom stereocenters. The number of ether oxygens (including phenoxy) is 2. The smallest absolute Gasteiger partial charge is 0.311 e. The number of amides is 3. The van der Waals surface area contributed by atoms with E-state index in [1.54, 1.807) is 48.5 Å². The first-order chi connectivity index (χ1) is 15.4. The van der Waals surface area contributed by atoms with Crippen LogP contribution >= 0.6 is 15.9 Å². The summed E-state index contributed by atoms with van der Waals surface area (Å²) in [6.07, 6.45) is -0.00599. The molecule has 0 bridgehead atoms. The molecule has 0 aliphatic carbocycles. The van der Waals surface area contributed by atoms with E-state index in [0.717, 1.165) is 4.47 Å². The Morgan fingerprint density at radius 2 is 1.75 bits per heavy atom. The molecule has 0 saturated carbocycles. The maximum atomic E-state index is 12.3. The number of hydrazine groups is 1. The molecule has 32 heavy (non-hydrogen) atoms. The van der Waals surface area contributed by atoms with Crippen molar-refractivity contribution in [1.82, 2.24) is 10.9 Å². The second kappa shape index (κ2) is 10.8. The number of carbonyl (C=O) groups is 4. The monoisotopic (exact) mass is 503 g/mol. The minimum absolute atomic E-state index is 0.00599. The van der Waals surface area contributed by atoms with E-state index in [2.05, 4.69) is 26.8 Å². The van der Waals surface area contributed by atoms with Crippen molar-refractivity contribution in [3.63, 3.8) is 0 Å². The molecular weight excluding hydrogens is 482 g/mol. The maximum Gasteiger partial charge on any atom is 0.311 e. The molecule has 1 heterocycles. The molecule has 1 aliphatic heterocycles. The summed E-state index contributed by atoms with van der Waals surface area (Å²) in [7, 11) is 0. The Labute approximate surface area is 193 Å². The van der Waals surface area contributed by atoms with E-state index in [1.807, 2.05) is 6.92 Å². The first kappa shape index (κ1) is 23.3. The normalized spacial score (nSPS) is 15.2. The quantitative estimate of drug-likeness (QED) is 0.442. The predicted octanol–water partition coefficient (Wildman–Crippen LogP) is 2.21. The van der Waals surface area contributed by atoms with Gasteiger partial charge in [0.25, 0.3) is 11.8 Å². The van der Waals surface area contributed by atoms with E-state index in [-0.39, 0.29) is 18.9 Å². The highest BCUT2D eigenvalue weighted by Crippen LogP contribution is 2.27. The van der Waals surface area contributed by atoms with Crippen molar-refractivity contribution in [1.29, 1.82) is 0 Å². The number of hydrogen-bond donors (Lipinski definition) is 2. The van der Waals surface area contributed by atoms with Crippen molar-refractivity contribution in [2.24, 2.45) is 5.92 Å². The van der Waals surface area contributed by atoms with Gasteiger partial charge in [-0.1, -0.05) is 15.9 Å². The lowest BCUT2D eigenvalue weighted by atomic mass is 10.1. The molecule has 1 saturated heterocycles. The number of rotatable bonds is 7. The van der Waals surface area contributed by atoms with E-state index in [1.165, 1.54) is 4.90 Å². The summed E-state index contributed by atoms with van der Waals surface area (Å²) >= 11 is 3.27. The van der Waals surface area contributed by atoms with E-state index in [9.17, 15) is 19.2 Å². The first-order valence-electron chi connectivity index (χ1n) is 9.92. The van der Waals surface area contributed by atoms with Crippen LogP contribution in [-0.2, 0) is 19.1 Å². The van der Waals surface area contributed by atoms with Crippen LogP contribution in [0.5, 0.6) is 5.75 Å². The lowest BCUT2D eigenvalue weighted by Crippen LogP contribution is -2.43. The zero-order valence-corrected chi connectivity index (χ0v) is 18.9. The van der Waals surface area contributed by atoms with Crippen LogP contribution in [0.1, 0.15) is 23.7 Å². The topological polar surface area (TPSA) is 114 Å². The highest BCUT2D eigenvalue weighted by atomic mass is 79.9. The molecule has 0 aromatic heterocycles. The standard InChI is InChI=1S/C22H22BrN3O6/c1-2-31-18-9-7-17(8-10-18)26-12-15(11-20(26)28)22(30)32-13-19(27)24-25-21(29)14-3-5-16(23)6-4-14/h3-10,15H,2,11-13H2,1H3,(H,24,27)(H,25,29)/t15-/m0/s1. The van der Waals surface area contributed by atoms with Crippen molar-refractivity contribution in [2.45, 2.75) is 13.3 Å². The molecule has 1 atom stereocenters. The molecule has 2 aromatic carbocycles. The molecule has 1 fully saturated rings. The van der Waals surface area contributed by atoms with Crippen molar-refractivity contribution in [2.75, 3.05) is 24.7 Å². The summed E-state index contributed by atoms with van der Waals surface area (Å²) in [4.78, 5) is 50.0. The van der Waals surface area contributed by atoms with Gasteiger partial charge in [-0.3, -0.25) is 30.0 Å². The minimum atomic E-state index is -0.698.